The molecule has 4 nitrogen and oxygen atoms in total. The second kappa shape index (κ2) is 5.97. The summed E-state index contributed by atoms with van der Waals surface area (Å²) >= 11 is 5.17. The molecule has 0 rings (SSSR count). The lowest BCUT2D eigenvalue weighted by Gasteiger charge is -2.02. The predicted molar refractivity (Wildman–Crippen MR) is 42.4 cm³/mol. The molecule has 0 aliphatic heterocycles. The molecule has 2 amide bonds. The van der Waals surface area contributed by atoms with Crippen molar-refractivity contribution in [3.63, 3.8) is 0 Å². The highest BCUT2D eigenvalue weighted by atomic mass is 35.5. The maximum atomic E-state index is 10.7. The van der Waals surface area contributed by atoms with Gasteiger partial charge in [0.1, 0.15) is 5.88 Å². The van der Waals surface area contributed by atoms with Gasteiger partial charge in [0.05, 0.1) is 6.54 Å². The lowest BCUT2D eigenvalue weighted by Crippen LogP contribution is -2.37. The minimum atomic E-state index is -0.335. The first kappa shape index (κ1) is 10.2. The Morgan fingerprint density at radius 3 is 2.36 bits per heavy atom. The van der Waals surface area contributed by atoms with Gasteiger partial charge in [-0.05, 0) is 6.92 Å². The van der Waals surface area contributed by atoms with E-state index >= 15 is 0 Å². The van der Waals surface area contributed by atoms with Crippen molar-refractivity contribution >= 4 is 23.4 Å². The van der Waals surface area contributed by atoms with E-state index in [1.165, 1.54) is 0 Å². The van der Waals surface area contributed by atoms with E-state index in [1.807, 2.05) is 0 Å². The lowest BCUT2D eigenvalue weighted by atomic mass is 10.5. The second-order valence-electron chi connectivity index (χ2n) is 1.86. The van der Waals surface area contributed by atoms with Gasteiger partial charge < -0.3 is 10.6 Å². The smallest absolute Gasteiger partial charge is 0.239 e. The number of hydrogen-bond acceptors (Lipinski definition) is 2. The third kappa shape index (κ3) is 5.66. The highest BCUT2D eigenvalue weighted by Crippen LogP contribution is 1.73. The van der Waals surface area contributed by atoms with Gasteiger partial charge in [-0.1, -0.05) is 0 Å². The van der Waals surface area contributed by atoms with Gasteiger partial charge in [0, 0.05) is 6.54 Å². The van der Waals surface area contributed by atoms with Crippen LogP contribution in [0.3, 0.4) is 0 Å². The summed E-state index contributed by atoms with van der Waals surface area (Å²) in [6, 6.07) is 0. The van der Waals surface area contributed by atoms with Crippen LogP contribution >= 0.6 is 11.6 Å². The molecule has 0 aliphatic rings. The molecule has 0 saturated carbocycles. The van der Waals surface area contributed by atoms with E-state index < -0.39 is 0 Å². The quantitative estimate of drug-likeness (QED) is 0.569. The van der Waals surface area contributed by atoms with E-state index in [4.69, 9.17) is 11.6 Å². The number of likely N-dealkylation sites (N-methyl/N-ethyl adjacent to an activating group) is 1. The molecule has 2 N–H and O–H groups in total. The normalized spacial score (nSPS) is 8.91. The number of carbonyl (C=O) groups excluding carboxylic acids is 2. The van der Waals surface area contributed by atoms with Crippen molar-refractivity contribution in [2.45, 2.75) is 6.92 Å². The van der Waals surface area contributed by atoms with Crippen LogP contribution in [-0.4, -0.2) is 30.8 Å². The Kier molecular flexibility index (Phi) is 5.56. The number of halogens is 1. The Labute approximate surface area is 70.3 Å². The second-order valence-corrected chi connectivity index (χ2v) is 2.13. The summed E-state index contributed by atoms with van der Waals surface area (Å²) in [6.07, 6.45) is 0. The van der Waals surface area contributed by atoms with Crippen LogP contribution in [0.15, 0.2) is 0 Å². The van der Waals surface area contributed by atoms with Crippen molar-refractivity contribution < 1.29 is 9.59 Å². The molecule has 0 radical (unpaired) electrons. The monoisotopic (exact) mass is 178 g/mol. The fourth-order valence-electron chi connectivity index (χ4n) is 0.486. The zero-order valence-electron chi connectivity index (χ0n) is 6.32. The van der Waals surface area contributed by atoms with Crippen molar-refractivity contribution in [2.24, 2.45) is 0 Å². The average molecular weight is 179 g/mol. The van der Waals surface area contributed by atoms with E-state index in [0.717, 1.165) is 0 Å². The molecule has 0 fully saturated rings. The van der Waals surface area contributed by atoms with E-state index in [1.54, 1.807) is 6.92 Å². The Hall–Kier alpha value is -0.770. The molecule has 11 heavy (non-hydrogen) atoms. The summed E-state index contributed by atoms with van der Waals surface area (Å²) in [7, 11) is 0. The van der Waals surface area contributed by atoms with Gasteiger partial charge in [0.15, 0.2) is 0 Å². The van der Waals surface area contributed by atoms with Crippen LogP contribution in [0.4, 0.5) is 0 Å². The molecule has 0 aromatic carbocycles. The first-order chi connectivity index (χ1) is 5.20. The molecular formula is C6H11ClN2O2. The molecule has 64 valence electrons. The van der Waals surface area contributed by atoms with Gasteiger partial charge in [-0.3, -0.25) is 9.59 Å². The lowest BCUT2D eigenvalue weighted by molar-refractivity contribution is -0.124. The van der Waals surface area contributed by atoms with Crippen LogP contribution in [0.25, 0.3) is 0 Å². The number of rotatable bonds is 4. The van der Waals surface area contributed by atoms with E-state index in [9.17, 15) is 9.59 Å². The highest BCUT2D eigenvalue weighted by molar-refractivity contribution is 6.27. The summed E-state index contributed by atoms with van der Waals surface area (Å²) < 4.78 is 0. The van der Waals surface area contributed by atoms with Gasteiger partial charge in [-0.2, -0.15) is 0 Å². The van der Waals surface area contributed by atoms with Gasteiger partial charge in [-0.25, -0.2) is 0 Å². The Balaban J connectivity index is 3.38. The molecule has 0 bridgehead atoms. The van der Waals surface area contributed by atoms with Crippen molar-refractivity contribution in [2.75, 3.05) is 19.0 Å². The number of alkyl halides is 1. The molecule has 5 heteroatoms. The van der Waals surface area contributed by atoms with Crippen molar-refractivity contribution in [1.82, 2.24) is 10.6 Å². The van der Waals surface area contributed by atoms with Crippen molar-refractivity contribution in [1.29, 1.82) is 0 Å². The maximum Gasteiger partial charge on any atom is 0.239 e. The predicted octanol–water partition coefficient (Wildman–Crippen LogP) is -0.523. The zero-order chi connectivity index (χ0) is 8.69. The Morgan fingerprint density at radius 1 is 1.27 bits per heavy atom. The molecular weight excluding hydrogens is 168 g/mol. The van der Waals surface area contributed by atoms with Crippen LogP contribution in [0.5, 0.6) is 0 Å². The van der Waals surface area contributed by atoms with E-state index in [2.05, 4.69) is 10.6 Å². The highest BCUT2D eigenvalue weighted by Gasteiger charge is 2.01. The van der Waals surface area contributed by atoms with E-state index in [0.29, 0.717) is 6.54 Å². The SMILES string of the molecule is CCNC(=O)CNC(=O)CCl. The van der Waals surface area contributed by atoms with Gasteiger partial charge >= 0.3 is 0 Å². The molecule has 0 aliphatic carbocycles. The molecule has 0 unspecified atom stereocenters. The number of hydrogen-bond donors (Lipinski definition) is 2. The van der Waals surface area contributed by atoms with Gasteiger partial charge in [-0.15, -0.1) is 11.6 Å². The summed E-state index contributed by atoms with van der Waals surface area (Å²) in [5.41, 5.74) is 0. The molecule has 0 spiro atoms. The largest absolute Gasteiger partial charge is 0.355 e. The summed E-state index contributed by atoms with van der Waals surface area (Å²) in [6.45, 7) is 2.37. The Bertz CT molecular complexity index is 150. The summed E-state index contributed by atoms with van der Waals surface area (Å²) in [5, 5.41) is 4.86. The fraction of sp³-hybridized carbons (Fsp3) is 0.667. The standard InChI is InChI=1S/C6H11ClN2O2/c1-2-8-6(11)4-9-5(10)3-7/h2-4H2,1H3,(H,8,11)(H,9,10). The minimum Gasteiger partial charge on any atom is -0.355 e. The third-order valence-corrected chi connectivity index (χ3v) is 1.18. The molecule has 0 aromatic heterocycles. The number of nitrogens with one attached hydrogen (secondary N) is 2. The molecule has 0 saturated heterocycles. The first-order valence-electron chi connectivity index (χ1n) is 3.30. The van der Waals surface area contributed by atoms with Crippen LogP contribution in [0.2, 0.25) is 0 Å². The van der Waals surface area contributed by atoms with Crippen LogP contribution in [0.1, 0.15) is 6.92 Å². The van der Waals surface area contributed by atoms with Crippen molar-refractivity contribution in [3.8, 4) is 0 Å². The van der Waals surface area contributed by atoms with Gasteiger partial charge in [0.2, 0.25) is 11.8 Å². The molecule has 0 atom stereocenters. The van der Waals surface area contributed by atoms with Crippen molar-refractivity contribution in [3.05, 3.63) is 0 Å². The fourth-order valence-corrected chi connectivity index (χ4v) is 0.580. The Morgan fingerprint density at radius 2 is 1.91 bits per heavy atom. The molecule has 0 heterocycles. The third-order valence-electron chi connectivity index (χ3n) is 0.941. The number of carbonyl (C=O) groups is 2. The van der Waals surface area contributed by atoms with Crippen LogP contribution in [-0.2, 0) is 9.59 Å². The summed E-state index contributed by atoms with van der Waals surface area (Å²) in [5.74, 6) is -0.650. The zero-order valence-corrected chi connectivity index (χ0v) is 7.07. The maximum absolute atomic E-state index is 10.7. The van der Waals surface area contributed by atoms with Crippen LogP contribution < -0.4 is 10.6 Å². The van der Waals surface area contributed by atoms with Gasteiger partial charge in [0.25, 0.3) is 0 Å². The minimum absolute atomic E-state index is 0.000602. The molecule has 0 aromatic rings. The number of amides is 2. The average Bonchev–Trinajstić information content (AvgIpc) is 2.01. The summed E-state index contributed by atoms with van der Waals surface area (Å²) in [4.78, 5) is 21.2. The van der Waals surface area contributed by atoms with Crippen LogP contribution in [0, 0.1) is 0 Å². The topological polar surface area (TPSA) is 58.2 Å². The first-order valence-corrected chi connectivity index (χ1v) is 3.83. The van der Waals surface area contributed by atoms with E-state index in [-0.39, 0.29) is 24.2 Å².